The van der Waals surface area contributed by atoms with Crippen molar-refractivity contribution in [3.63, 3.8) is 0 Å². The molecule has 0 saturated carbocycles. The molecule has 5 rings (SSSR count). The largest absolute Gasteiger partial charge is 0.297 e. The number of carbonyl (C=O) groups is 1. The first-order valence-corrected chi connectivity index (χ1v) is 12.7. The number of thiazole rings is 2. The van der Waals surface area contributed by atoms with Crippen LogP contribution in [0.5, 0.6) is 0 Å². The van der Waals surface area contributed by atoms with Crippen LogP contribution in [0.3, 0.4) is 0 Å². The summed E-state index contributed by atoms with van der Waals surface area (Å²) in [6.45, 7) is 6.50. The molecule has 4 aromatic rings. The Morgan fingerprint density at radius 2 is 2.06 bits per heavy atom. The van der Waals surface area contributed by atoms with Gasteiger partial charge in [-0.2, -0.15) is 0 Å². The van der Waals surface area contributed by atoms with Crippen LogP contribution >= 0.6 is 22.7 Å². The second-order valence-electron chi connectivity index (χ2n) is 8.41. The highest BCUT2D eigenvalue weighted by Crippen LogP contribution is 2.34. The number of anilines is 2. The van der Waals surface area contributed by atoms with Gasteiger partial charge >= 0.3 is 0 Å². The van der Waals surface area contributed by atoms with Gasteiger partial charge in [-0.15, -0.1) is 22.7 Å². The first-order chi connectivity index (χ1) is 15.6. The monoisotopic (exact) mass is 462 g/mol. The number of hydrogen-bond acceptors (Lipinski definition) is 6. The molecule has 164 valence electrons. The van der Waals surface area contributed by atoms with Gasteiger partial charge in [0.1, 0.15) is 0 Å². The van der Waals surface area contributed by atoms with Gasteiger partial charge in [-0.1, -0.05) is 24.3 Å². The van der Waals surface area contributed by atoms with Crippen LogP contribution in [-0.2, 0) is 11.3 Å². The van der Waals surface area contributed by atoms with Crippen molar-refractivity contribution in [3.8, 4) is 0 Å². The first kappa shape index (κ1) is 21.2. The molecule has 0 bridgehead atoms. The Balaban J connectivity index is 1.30. The van der Waals surface area contributed by atoms with E-state index in [1.807, 2.05) is 42.5 Å². The number of fused-ring (bicyclic) bond motifs is 1. The van der Waals surface area contributed by atoms with Gasteiger partial charge in [0.2, 0.25) is 5.91 Å². The van der Waals surface area contributed by atoms with Gasteiger partial charge in [0, 0.05) is 31.3 Å². The number of para-hydroxylation sites is 1. The third-order valence-electron chi connectivity index (χ3n) is 5.86. The van der Waals surface area contributed by atoms with E-state index in [0.717, 1.165) is 47.2 Å². The molecule has 1 aliphatic heterocycles. The van der Waals surface area contributed by atoms with Crippen molar-refractivity contribution in [2.75, 3.05) is 18.0 Å². The summed E-state index contributed by atoms with van der Waals surface area (Å²) in [6.07, 6.45) is 2.35. The van der Waals surface area contributed by atoms with Crippen LogP contribution in [0.4, 0.5) is 10.8 Å². The summed E-state index contributed by atoms with van der Waals surface area (Å²) in [4.78, 5) is 26.3. The first-order valence-electron chi connectivity index (χ1n) is 11.0. The molecule has 0 radical (unpaired) electrons. The maximum Gasteiger partial charge on any atom is 0.230 e. The van der Waals surface area contributed by atoms with Crippen molar-refractivity contribution in [1.82, 2.24) is 14.9 Å². The second-order valence-corrected chi connectivity index (χ2v) is 10.3. The molecule has 2 aromatic carbocycles. The van der Waals surface area contributed by atoms with E-state index >= 15 is 0 Å². The Hall–Kier alpha value is -2.61. The normalized spacial score (nSPS) is 17.0. The number of amides is 1. The lowest BCUT2D eigenvalue weighted by atomic mass is 9.98. The lowest BCUT2D eigenvalue weighted by Gasteiger charge is -2.31. The van der Waals surface area contributed by atoms with Gasteiger partial charge in [-0.25, -0.2) is 9.97 Å². The minimum absolute atomic E-state index is 0.0228. The van der Waals surface area contributed by atoms with E-state index in [-0.39, 0.29) is 5.91 Å². The molecule has 1 aliphatic rings. The summed E-state index contributed by atoms with van der Waals surface area (Å²) < 4.78 is 1.27. The van der Waals surface area contributed by atoms with Crippen molar-refractivity contribution in [2.45, 2.75) is 39.2 Å². The third-order valence-corrected chi connectivity index (χ3v) is 7.93. The summed E-state index contributed by atoms with van der Waals surface area (Å²) in [5.41, 5.74) is 4.12. The number of carbonyl (C=O) groups excluding carboxylic acids is 1. The molecule has 1 saturated heterocycles. The van der Waals surface area contributed by atoms with Gasteiger partial charge in [0.25, 0.3) is 0 Å². The zero-order valence-corrected chi connectivity index (χ0v) is 20.0. The van der Waals surface area contributed by atoms with E-state index in [9.17, 15) is 4.79 Å². The minimum Gasteiger partial charge on any atom is -0.297 e. The van der Waals surface area contributed by atoms with E-state index in [2.05, 4.69) is 34.5 Å². The Labute approximate surface area is 196 Å². The fourth-order valence-electron chi connectivity index (χ4n) is 4.36. The highest BCUT2D eigenvalue weighted by molar-refractivity contribution is 7.18. The minimum atomic E-state index is -0.0228. The summed E-state index contributed by atoms with van der Waals surface area (Å²) in [7, 11) is 0. The van der Waals surface area contributed by atoms with Gasteiger partial charge in [-0.3, -0.25) is 14.6 Å². The molecular weight excluding hydrogens is 436 g/mol. The molecule has 32 heavy (non-hydrogen) atoms. The lowest BCUT2D eigenvalue weighted by molar-refractivity contribution is -0.115. The number of nitrogens with zero attached hydrogens (tertiary/aromatic N) is 4. The average Bonchev–Trinajstić information content (AvgIpc) is 3.41. The number of rotatable bonds is 5. The maximum absolute atomic E-state index is 12.4. The van der Waals surface area contributed by atoms with Gasteiger partial charge in [0.05, 0.1) is 26.6 Å². The van der Waals surface area contributed by atoms with Gasteiger partial charge in [-0.05, 0) is 56.1 Å². The van der Waals surface area contributed by atoms with Crippen LogP contribution in [0.2, 0.25) is 0 Å². The molecule has 3 heterocycles. The smallest absolute Gasteiger partial charge is 0.230 e. The van der Waals surface area contributed by atoms with Crippen LogP contribution in [0.15, 0.2) is 53.9 Å². The van der Waals surface area contributed by atoms with Crippen molar-refractivity contribution < 1.29 is 4.79 Å². The van der Waals surface area contributed by atoms with Crippen LogP contribution in [0, 0.1) is 6.92 Å². The summed E-state index contributed by atoms with van der Waals surface area (Å²) >= 11 is 3.36. The van der Waals surface area contributed by atoms with Gasteiger partial charge < -0.3 is 0 Å². The zero-order valence-electron chi connectivity index (χ0n) is 18.3. The SMILES string of the molecule is CC(=O)N(c1cccc(C)c1)c1nc(CN2CCCC(c3nc4ccccc4s3)C2)cs1. The van der Waals surface area contributed by atoms with E-state index in [4.69, 9.17) is 9.97 Å². The number of piperidine rings is 1. The number of likely N-dealkylation sites (tertiary alicyclic amines) is 1. The predicted octanol–water partition coefficient (Wildman–Crippen LogP) is 6.13. The summed E-state index contributed by atoms with van der Waals surface area (Å²) in [5.74, 6) is 0.450. The van der Waals surface area contributed by atoms with Crippen LogP contribution in [-0.4, -0.2) is 33.9 Å². The van der Waals surface area contributed by atoms with E-state index in [0.29, 0.717) is 5.92 Å². The van der Waals surface area contributed by atoms with E-state index in [1.165, 1.54) is 33.9 Å². The molecular formula is C25H26N4OS2. The Bertz CT molecular complexity index is 1210. The number of aromatic nitrogens is 2. The van der Waals surface area contributed by atoms with Crippen molar-refractivity contribution in [1.29, 1.82) is 0 Å². The molecule has 2 aromatic heterocycles. The molecule has 0 spiro atoms. The molecule has 0 N–H and O–H groups in total. The predicted molar refractivity (Wildman–Crippen MR) is 133 cm³/mol. The highest BCUT2D eigenvalue weighted by atomic mass is 32.1. The molecule has 5 nitrogen and oxygen atoms in total. The third kappa shape index (κ3) is 4.46. The zero-order chi connectivity index (χ0) is 22.1. The molecule has 1 amide bonds. The van der Waals surface area contributed by atoms with Crippen LogP contribution < -0.4 is 4.90 Å². The molecule has 7 heteroatoms. The number of benzene rings is 2. The van der Waals surface area contributed by atoms with Crippen LogP contribution in [0.25, 0.3) is 10.2 Å². The number of aryl methyl sites for hydroxylation is 1. The Morgan fingerprint density at radius 3 is 2.88 bits per heavy atom. The molecule has 1 unspecified atom stereocenters. The topological polar surface area (TPSA) is 49.3 Å². The summed E-state index contributed by atoms with van der Waals surface area (Å²) in [5, 5.41) is 4.07. The van der Waals surface area contributed by atoms with Crippen molar-refractivity contribution in [2.24, 2.45) is 0 Å². The standard InChI is InChI=1S/C25H26N4OS2/c1-17-7-5-9-21(13-17)29(18(2)30)25-26-20(16-31-25)15-28-12-6-8-19(14-28)24-27-22-10-3-4-11-23(22)32-24/h3-5,7,9-11,13,16,19H,6,8,12,14-15H2,1-2H3. The fraction of sp³-hybridized carbons (Fsp3) is 0.320. The molecule has 0 aliphatic carbocycles. The molecule has 1 fully saturated rings. The Kier molecular flexibility index (Phi) is 6.04. The fourth-order valence-corrected chi connectivity index (χ4v) is 6.33. The molecule has 1 atom stereocenters. The van der Waals surface area contributed by atoms with Crippen LogP contribution in [0.1, 0.15) is 41.9 Å². The van der Waals surface area contributed by atoms with E-state index in [1.54, 1.807) is 11.8 Å². The van der Waals surface area contributed by atoms with Gasteiger partial charge in [0.15, 0.2) is 5.13 Å². The number of hydrogen-bond donors (Lipinski definition) is 0. The van der Waals surface area contributed by atoms with Crippen molar-refractivity contribution >= 4 is 49.6 Å². The Morgan fingerprint density at radius 1 is 1.19 bits per heavy atom. The van der Waals surface area contributed by atoms with E-state index < -0.39 is 0 Å². The highest BCUT2D eigenvalue weighted by Gasteiger charge is 2.25. The second kappa shape index (κ2) is 9.10. The van der Waals surface area contributed by atoms with Crippen molar-refractivity contribution in [3.05, 3.63) is 70.2 Å². The maximum atomic E-state index is 12.4. The average molecular weight is 463 g/mol. The lowest BCUT2D eigenvalue weighted by Crippen LogP contribution is -2.34. The quantitative estimate of drug-likeness (QED) is 0.358. The summed E-state index contributed by atoms with van der Waals surface area (Å²) in [6, 6.07) is 16.4.